The van der Waals surface area contributed by atoms with Crippen molar-refractivity contribution < 1.29 is 28.8 Å². The fraction of sp³-hybridized carbons (Fsp3) is 0.613. The molecule has 0 radical (unpaired) electrons. The summed E-state index contributed by atoms with van der Waals surface area (Å²) < 4.78 is -0.288. The molecule has 14 heteroatoms. The van der Waals surface area contributed by atoms with Gasteiger partial charge in [0.15, 0.2) is 11.8 Å². The molecule has 7 N–H and O–H groups in total. The van der Waals surface area contributed by atoms with Gasteiger partial charge in [0, 0.05) is 18.1 Å². The van der Waals surface area contributed by atoms with Crippen molar-refractivity contribution >= 4 is 58.7 Å². The van der Waals surface area contributed by atoms with Gasteiger partial charge in [-0.3, -0.25) is 33.7 Å². The van der Waals surface area contributed by atoms with Crippen LogP contribution in [-0.4, -0.2) is 93.4 Å². The highest BCUT2D eigenvalue weighted by Gasteiger charge is 2.50. The highest BCUT2D eigenvalue weighted by atomic mass is 32.2. The molecule has 0 saturated carbocycles. The highest BCUT2D eigenvalue weighted by Crippen LogP contribution is 2.49. The quantitative estimate of drug-likeness (QED) is 0.0856. The number of nitrogens with zero attached hydrogens (tertiary/aromatic N) is 1. The number of Topliss-reactive ketones (excluding diaryl/α,β-unsaturated/α-hetero) is 2. The van der Waals surface area contributed by atoms with Crippen molar-refractivity contribution in [3.05, 3.63) is 35.9 Å². The molecule has 1 aromatic carbocycles. The van der Waals surface area contributed by atoms with E-state index in [9.17, 15) is 28.8 Å². The number of hydrogen-bond donors (Lipinski definition) is 5. The summed E-state index contributed by atoms with van der Waals surface area (Å²) in [5.41, 5.74) is 12.0. The Bertz CT molecular complexity index is 1210. The molecule has 1 spiro atoms. The Morgan fingerprint density at radius 1 is 1.02 bits per heavy atom. The fourth-order valence-corrected chi connectivity index (χ4v) is 8.62. The van der Waals surface area contributed by atoms with Gasteiger partial charge in [-0.25, -0.2) is 0 Å². The van der Waals surface area contributed by atoms with Crippen LogP contribution < -0.4 is 27.4 Å². The predicted molar refractivity (Wildman–Crippen MR) is 176 cm³/mol. The fourth-order valence-electron chi connectivity index (χ4n) is 5.44. The molecule has 2 heterocycles. The minimum atomic E-state index is -2.04. The van der Waals surface area contributed by atoms with Crippen molar-refractivity contribution in [3.8, 4) is 0 Å². The Kier molecular flexibility index (Phi) is 14.5. The smallest absolute Gasteiger partial charge is 0.299 e. The lowest BCUT2D eigenvalue weighted by Gasteiger charge is -2.31. The average Bonchev–Trinajstić information content (AvgIpc) is 3.68. The van der Waals surface area contributed by atoms with Crippen molar-refractivity contribution in [2.24, 2.45) is 11.5 Å². The molecule has 4 atom stereocenters. The van der Waals surface area contributed by atoms with Crippen molar-refractivity contribution in [1.29, 1.82) is 0 Å². The average molecular weight is 663 g/mol. The first-order valence-electron chi connectivity index (χ1n) is 15.6. The van der Waals surface area contributed by atoms with Crippen LogP contribution in [0.25, 0.3) is 0 Å². The molecule has 3 rings (SSSR count). The van der Waals surface area contributed by atoms with Crippen LogP contribution in [0.5, 0.6) is 0 Å². The van der Waals surface area contributed by atoms with E-state index in [1.54, 1.807) is 60.8 Å². The Labute approximate surface area is 273 Å². The van der Waals surface area contributed by atoms with Crippen LogP contribution in [0.1, 0.15) is 70.4 Å². The number of carbonyl (C=O) groups excluding carboxylic acids is 6. The number of carbonyl (C=O) groups is 6. The highest BCUT2D eigenvalue weighted by molar-refractivity contribution is 8.21. The Hall–Kier alpha value is -2.78. The van der Waals surface area contributed by atoms with Crippen LogP contribution in [-0.2, 0) is 28.8 Å². The Balaban J connectivity index is 1.99. The summed E-state index contributed by atoms with van der Waals surface area (Å²) in [5, 5.41) is 8.62. The molecule has 248 valence electrons. The van der Waals surface area contributed by atoms with Crippen LogP contribution >= 0.6 is 23.5 Å². The molecule has 1 aromatic rings. The molecule has 2 aliphatic rings. The van der Waals surface area contributed by atoms with E-state index < -0.39 is 59.4 Å². The molecular weight excluding hydrogens is 617 g/mol. The molecule has 3 unspecified atom stereocenters. The topological polar surface area (TPSA) is 194 Å². The second kappa shape index (κ2) is 17.8. The molecule has 4 amide bonds. The van der Waals surface area contributed by atoms with Gasteiger partial charge in [-0.05, 0) is 31.4 Å². The number of unbranched alkanes of at least 4 members (excludes halogenated alkanes) is 3. The number of hydrogen-bond acceptors (Lipinski definition) is 11. The molecule has 2 fully saturated rings. The van der Waals surface area contributed by atoms with Gasteiger partial charge in [-0.15, -0.1) is 23.5 Å². The normalized spacial score (nSPS) is 19.0. The third-order valence-electron chi connectivity index (χ3n) is 7.87. The number of rotatable bonds is 18. The van der Waals surface area contributed by atoms with Gasteiger partial charge in [-0.2, -0.15) is 0 Å². The monoisotopic (exact) mass is 662 g/mol. The summed E-state index contributed by atoms with van der Waals surface area (Å²) in [6.45, 7) is 4.47. The second-order valence-corrected chi connectivity index (χ2v) is 14.6. The Morgan fingerprint density at radius 3 is 2.33 bits per heavy atom. The largest absolute Gasteiger partial charge is 0.368 e. The molecule has 0 aromatic heterocycles. The molecule has 2 aliphatic heterocycles. The predicted octanol–water partition coefficient (Wildman–Crippen LogP) is 1.03. The first kappa shape index (κ1) is 36.7. The third kappa shape index (κ3) is 9.85. The zero-order valence-corrected chi connectivity index (χ0v) is 27.7. The molecule has 45 heavy (non-hydrogen) atoms. The summed E-state index contributed by atoms with van der Waals surface area (Å²) in [5.74, 6) is -4.28. The van der Waals surface area contributed by atoms with Gasteiger partial charge in [-0.1, -0.05) is 69.9 Å². The number of amides is 4. The van der Waals surface area contributed by atoms with Crippen molar-refractivity contribution in [1.82, 2.24) is 20.9 Å². The van der Waals surface area contributed by atoms with Gasteiger partial charge in [0.05, 0.1) is 22.7 Å². The van der Waals surface area contributed by atoms with E-state index in [0.29, 0.717) is 36.4 Å². The van der Waals surface area contributed by atoms with E-state index in [4.69, 9.17) is 11.5 Å². The third-order valence-corrected chi connectivity index (χ3v) is 11.3. The minimum Gasteiger partial charge on any atom is -0.368 e. The number of thioether (sulfide) groups is 2. The summed E-state index contributed by atoms with van der Waals surface area (Å²) in [4.78, 5) is 82.1. The lowest BCUT2D eigenvalue weighted by Crippen LogP contribution is -2.63. The zero-order chi connectivity index (χ0) is 33.0. The number of ketones is 2. The summed E-state index contributed by atoms with van der Waals surface area (Å²) in [7, 11) is 0. The molecule has 0 aliphatic carbocycles. The number of nitrogens with one attached hydrogen (secondary N) is 3. The van der Waals surface area contributed by atoms with Crippen LogP contribution in [0, 0.1) is 0 Å². The lowest BCUT2D eigenvalue weighted by molar-refractivity contribution is -0.160. The zero-order valence-electron chi connectivity index (χ0n) is 26.0. The summed E-state index contributed by atoms with van der Waals surface area (Å²) in [6, 6.07) is 2.61. The lowest BCUT2D eigenvalue weighted by atomic mass is 10.0. The number of nitrogens with two attached hydrogens (primary N) is 2. The van der Waals surface area contributed by atoms with E-state index in [1.165, 1.54) is 0 Å². The maximum absolute atomic E-state index is 14.2. The van der Waals surface area contributed by atoms with Crippen LogP contribution in [0.15, 0.2) is 30.3 Å². The number of benzene rings is 1. The maximum Gasteiger partial charge on any atom is 0.299 e. The van der Waals surface area contributed by atoms with Gasteiger partial charge < -0.3 is 27.4 Å². The van der Waals surface area contributed by atoms with Crippen LogP contribution in [0.4, 0.5) is 0 Å². The molecule has 2 saturated heterocycles. The maximum atomic E-state index is 14.2. The Morgan fingerprint density at radius 2 is 1.71 bits per heavy atom. The van der Waals surface area contributed by atoms with Gasteiger partial charge in [0.2, 0.25) is 17.6 Å². The molecular formula is C31H46N6O6S2. The van der Waals surface area contributed by atoms with Gasteiger partial charge in [0.1, 0.15) is 6.04 Å². The van der Waals surface area contributed by atoms with Gasteiger partial charge >= 0.3 is 0 Å². The van der Waals surface area contributed by atoms with E-state index in [2.05, 4.69) is 22.9 Å². The van der Waals surface area contributed by atoms with E-state index in [1.807, 2.05) is 0 Å². The first-order chi connectivity index (χ1) is 21.5. The van der Waals surface area contributed by atoms with Crippen LogP contribution in [0.3, 0.4) is 0 Å². The first-order valence-corrected chi connectivity index (χ1v) is 17.6. The SMILES string of the molecule is CCCCCCNCC(=O)C(C(=O)NC(C(N)=O)c1ccccc1)N(C(=O)C(=O)C(N)CCC)C(=O)[C@@H]1CC2(CN1)SCCS2. The van der Waals surface area contributed by atoms with Crippen molar-refractivity contribution in [2.75, 3.05) is 31.1 Å². The van der Waals surface area contributed by atoms with Crippen LogP contribution in [0.2, 0.25) is 0 Å². The molecule has 0 bridgehead atoms. The van der Waals surface area contributed by atoms with E-state index in [-0.39, 0.29) is 17.0 Å². The summed E-state index contributed by atoms with van der Waals surface area (Å²) in [6.07, 6.45) is 4.79. The standard InChI is InChI=1S/C31H46N6O6S2/c1-3-5-6-10-14-34-18-23(38)25(28(41)36-24(27(33)40)20-12-8-7-9-13-20)37(30(43)26(39)21(32)11-4-2)29(42)22-17-31(19-35-22)44-15-16-45-31/h7-9,12-13,21-22,24-25,34-35H,3-6,10-11,14-19,32H2,1-2H3,(H2,33,40)(H,36,41)/t21?,22-,24?,25?/m0/s1. The van der Waals surface area contributed by atoms with E-state index >= 15 is 0 Å². The van der Waals surface area contributed by atoms with Crippen molar-refractivity contribution in [2.45, 2.75) is 87.0 Å². The number of imide groups is 1. The van der Waals surface area contributed by atoms with Crippen molar-refractivity contribution in [3.63, 3.8) is 0 Å². The second-order valence-electron chi connectivity index (χ2n) is 11.4. The number of primary amides is 1. The molecule has 12 nitrogen and oxygen atoms in total. The van der Waals surface area contributed by atoms with E-state index in [0.717, 1.165) is 37.2 Å². The van der Waals surface area contributed by atoms with Gasteiger partial charge in [0.25, 0.3) is 11.8 Å². The minimum absolute atomic E-state index is 0.173. The summed E-state index contributed by atoms with van der Waals surface area (Å²) >= 11 is 3.42.